The van der Waals surface area contributed by atoms with E-state index in [-0.39, 0.29) is 23.0 Å². The van der Waals surface area contributed by atoms with Crippen LogP contribution in [0.15, 0.2) is 41.6 Å². The Kier molecular flexibility index (Phi) is 5.60. The second-order valence-corrected chi connectivity index (χ2v) is 7.82. The van der Waals surface area contributed by atoms with E-state index in [2.05, 4.69) is 15.3 Å². The zero-order chi connectivity index (χ0) is 18.6. The molecule has 1 aliphatic heterocycles. The number of nitrogens with zero attached hydrogens (tertiary/aromatic N) is 3. The van der Waals surface area contributed by atoms with Gasteiger partial charge in [0.2, 0.25) is 10.0 Å². The molecule has 8 nitrogen and oxygen atoms in total. The number of carbonyl (C=O) groups excluding carboxylic acids is 1. The lowest BCUT2D eigenvalue weighted by atomic mass is 10.2. The molecule has 1 aromatic carbocycles. The molecule has 1 aliphatic rings. The number of rotatable bonds is 5. The number of aryl methyl sites for hydroxylation is 1. The lowest BCUT2D eigenvalue weighted by Crippen LogP contribution is -2.40. The van der Waals surface area contributed by atoms with Crippen LogP contribution in [-0.2, 0) is 21.3 Å². The number of amides is 1. The van der Waals surface area contributed by atoms with Gasteiger partial charge in [0, 0.05) is 25.8 Å². The van der Waals surface area contributed by atoms with Crippen LogP contribution in [0.25, 0.3) is 0 Å². The molecule has 0 radical (unpaired) electrons. The molecule has 1 amide bonds. The number of benzene rings is 1. The van der Waals surface area contributed by atoms with E-state index in [9.17, 15) is 13.2 Å². The van der Waals surface area contributed by atoms with Gasteiger partial charge in [0.1, 0.15) is 5.69 Å². The molecular weight excluding hydrogens is 356 g/mol. The molecule has 138 valence electrons. The highest BCUT2D eigenvalue weighted by Crippen LogP contribution is 2.17. The maximum absolute atomic E-state index is 12.6. The summed E-state index contributed by atoms with van der Waals surface area (Å²) in [5, 5.41) is 2.74. The summed E-state index contributed by atoms with van der Waals surface area (Å²) in [6.45, 7) is 3.60. The Labute approximate surface area is 152 Å². The van der Waals surface area contributed by atoms with Crippen LogP contribution in [0.4, 0.5) is 0 Å². The van der Waals surface area contributed by atoms with E-state index in [1.165, 1.54) is 16.7 Å². The summed E-state index contributed by atoms with van der Waals surface area (Å²) in [7, 11) is -3.51. The number of hydrogen-bond donors (Lipinski definition) is 1. The zero-order valence-corrected chi connectivity index (χ0v) is 15.2. The second kappa shape index (κ2) is 7.90. The predicted molar refractivity (Wildman–Crippen MR) is 94.0 cm³/mol. The van der Waals surface area contributed by atoms with Gasteiger partial charge in [0.25, 0.3) is 5.91 Å². The highest BCUT2D eigenvalue weighted by molar-refractivity contribution is 7.89. The van der Waals surface area contributed by atoms with Crippen LogP contribution >= 0.6 is 0 Å². The monoisotopic (exact) mass is 376 g/mol. The largest absolute Gasteiger partial charge is 0.379 e. The van der Waals surface area contributed by atoms with E-state index >= 15 is 0 Å². The van der Waals surface area contributed by atoms with E-state index in [0.29, 0.717) is 26.3 Å². The van der Waals surface area contributed by atoms with Crippen LogP contribution in [-0.4, -0.2) is 54.9 Å². The lowest BCUT2D eigenvalue weighted by molar-refractivity contribution is 0.0730. The molecule has 1 N–H and O–H groups in total. The Bertz CT molecular complexity index is 861. The van der Waals surface area contributed by atoms with Crippen LogP contribution in [0.1, 0.15) is 21.7 Å². The van der Waals surface area contributed by atoms with Crippen LogP contribution in [0, 0.1) is 6.92 Å². The van der Waals surface area contributed by atoms with Crippen molar-refractivity contribution in [1.29, 1.82) is 0 Å². The molecule has 0 unspecified atom stereocenters. The number of ether oxygens (including phenoxy) is 1. The molecule has 0 atom stereocenters. The third-order valence-corrected chi connectivity index (χ3v) is 5.91. The number of hydrogen-bond acceptors (Lipinski definition) is 6. The molecule has 9 heteroatoms. The molecule has 2 heterocycles. The third kappa shape index (κ3) is 4.24. The Morgan fingerprint density at radius 3 is 2.46 bits per heavy atom. The Balaban J connectivity index is 1.62. The minimum atomic E-state index is -3.51. The average Bonchev–Trinajstić information content (AvgIpc) is 2.67. The smallest absolute Gasteiger partial charge is 0.271 e. The summed E-state index contributed by atoms with van der Waals surface area (Å²) in [6, 6.07) is 6.48. The van der Waals surface area contributed by atoms with Crippen LogP contribution in [0.2, 0.25) is 0 Å². The highest BCUT2D eigenvalue weighted by Gasteiger charge is 2.26. The molecule has 0 saturated carbocycles. The van der Waals surface area contributed by atoms with Crippen molar-refractivity contribution in [3.63, 3.8) is 0 Å². The van der Waals surface area contributed by atoms with E-state index in [0.717, 1.165) is 11.3 Å². The van der Waals surface area contributed by atoms with Crippen LogP contribution < -0.4 is 5.32 Å². The molecule has 26 heavy (non-hydrogen) atoms. The molecule has 0 spiro atoms. The third-order valence-electron chi connectivity index (χ3n) is 4.00. The highest BCUT2D eigenvalue weighted by atomic mass is 32.2. The van der Waals surface area contributed by atoms with E-state index in [4.69, 9.17) is 4.74 Å². The Hall–Kier alpha value is -2.36. The van der Waals surface area contributed by atoms with Crippen LogP contribution in [0.5, 0.6) is 0 Å². The molecule has 1 fully saturated rings. The standard InChI is InChI=1S/C17H20N4O4S/c1-13-10-19-16(12-18-13)17(22)20-11-14-2-4-15(5-3-14)26(23,24)21-6-8-25-9-7-21/h2-5,10,12H,6-9,11H2,1H3,(H,20,22). The van der Waals surface area contributed by atoms with Gasteiger partial charge < -0.3 is 10.1 Å². The van der Waals surface area contributed by atoms with Crippen molar-refractivity contribution in [3.05, 3.63) is 53.6 Å². The minimum absolute atomic E-state index is 0.235. The number of sulfonamides is 1. The minimum Gasteiger partial charge on any atom is -0.379 e. The van der Waals surface area contributed by atoms with Crippen molar-refractivity contribution >= 4 is 15.9 Å². The Morgan fingerprint density at radius 2 is 1.85 bits per heavy atom. The van der Waals surface area contributed by atoms with E-state index in [1.54, 1.807) is 31.2 Å². The summed E-state index contributed by atoms with van der Waals surface area (Å²) in [6.07, 6.45) is 2.95. The van der Waals surface area contributed by atoms with Crippen molar-refractivity contribution < 1.29 is 17.9 Å². The fourth-order valence-electron chi connectivity index (χ4n) is 2.50. The molecule has 0 aliphatic carbocycles. The number of nitrogens with one attached hydrogen (secondary N) is 1. The van der Waals surface area contributed by atoms with Crippen molar-refractivity contribution in [2.24, 2.45) is 0 Å². The van der Waals surface area contributed by atoms with E-state index in [1.807, 2.05) is 0 Å². The summed E-state index contributed by atoms with van der Waals surface area (Å²) >= 11 is 0. The van der Waals surface area contributed by atoms with Gasteiger partial charge in [-0.05, 0) is 24.6 Å². The number of carbonyl (C=O) groups is 1. The summed E-state index contributed by atoms with van der Waals surface area (Å²) in [5.41, 5.74) is 1.76. The van der Waals surface area contributed by atoms with Gasteiger partial charge >= 0.3 is 0 Å². The molecule has 2 aromatic rings. The van der Waals surface area contributed by atoms with Gasteiger partial charge in [-0.15, -0.1) is 0 Å². The topological polar surface area (TPSA) is 101 Å². The van der Waals surface area contributed by atoms with E-state index < -0.39 is 10.0 Å². The number of aromatic nitrogens is 2. The first kappa shape index (κ1) is 18.4. The normalized spacial score (nSPS) is 15.6. The summed E-state index contributed by atoms with van der Waals surface area (Å²) in [4.78, 5) is 20.3. The molecule has 1 saturated heterocycles. The quantitative estimate of drug-likeness (QED) is 0.826. The first-order chi connectivity index (χ1) is 12.5. The van der Waals surface area contributed by atoms with Gasteiger partial charge in [-0.3, -0.25) is 9.78 Å². The van der Waals surface area contributed by atoms with Gasteiger partial charge in [-0.2, -0.15) is 4.31 Å². The predicted octanol–water partition coefficient (Wildman–Crippen LogP) is 0.736. The Morgan fingerprint density at radius 1 is 1.15 bits per heavy atom. The van der Waals surface area contributed by atoms with Crippen molar-refractivity contribution in [2.75, 3.05) is 26.3 Å². The molecule has 3 rings (SSSR count). The summed E-state index contributed by atoms with van der Waals surface area (Å²) in [5.74, 6) is -0.331. The number of morpholine rings is 1. The van der Waals surface area contributed by atoms with Crippen molar-refractivity contribution in [1.82, 2.24) is 19.6 Å². The zero-order valence-electron chi connectivity index (χ0n) is 14.4. The SMILES string of the molecule is Cc1cnc(C(=O)NCc2ccc(S(=O)(=O)N3CCOCC3)cc2)cn1. The first-order valence-electron chi connectivity index (χ1n) is 8.20. The van der Waals surface area contributed by atoms with Gasteiger partial charge in [0.15, 0.2) is 0 Å². The summed E-state index contributed by atoms with van der Waals surface area (Å²) < 4.78 is 31.7. The van der Waals surface area contributed by atoms with Crippen molar-refractivity contribution in [3.8, 4) is 0 Å². The second-order valence-electron chi connectivity index (χ2n) is 5.89. The first-order valence-corrected chi connectivity index (χ1v) is 9.64. The van der Waals surface area contributed by atoms with Crippen molar-refractivity contribution in [2.45, 2.75) is 18.4 Å². The maximum atomic E-state index is 12.6. The average molecular weight is 376 g/mol. The molecule has 0 bridgehead atoms. The van der Waals surface area contributed by atoms with Crippen LogP contribution in [0.3, 0.4) is 0 Å². The van der Waals surface area contributed by atoms with Gasteiger partial charge in [0.05, 0.1) is 30.0 Å². The van der Waals surface area contributed by atoms with Gasteiger partial charge in [-0.1, -0.05) is 12.1 Å². The fourth-order valence-corrected chi connectivity index (χ4v) is 3.91. The maximum Gasteiger partial charge on any atom is 0.271 e. The molecule has 1 aromatic heterocycles. The lowest BCUT2D eigenvalue weighted by Gasteiger charge is -2.26. The molecular formula is C17H20N4O4S. The fraction of sp³-hybridized carbons (Fsp3) is 0.353. The van der Waals surface area contributed by atoms with Gasteiger partial charge in [-0.25, -0.2) is 13.4 Å².